The maximum atomic E-state index is 9.49. The third kappa shape index (κ3) is 2.51. The van der Waals surface area contributed by atoms with Crippen molar-refractivity contribution in [3.8, 4) is 11.5 Å². The van der Waals surface area contributed by atoms with Crippen molar-refractivity contribution in [2.75, 3.05) is 0 Å². The highest BCUT2D eigenvalue weighted by Crippen LogP contribution is 2.26. The molecule has 96 valence electrons. The van der Waals surface area contributed by atoms with Gasteiger partial charge in [0.2, 0.25) is 0 Å². The fraction of sp³-hybridized carbons (Fsp3) is 0.0667. The lowest BCUT2D eigenvalue weighted by Crippen LogP contribution is -1.93. The lowest BCUT2D eigenvalue weighted by Gasteiger charge is -2.04. The highest BCUT2D eigenvalue weighted by Gasteiger charge is 2.07. The molecule has 0 bridgehead atoms. The molecule has 19 heavy (non-hydrogen) atoms. The molecule has 0 aliphatic rings. The molecule has 0 unspecified atom stereocenters. The van der Waals surface area contributed by atoms with Crippen molar-refractivity contribution in [1.29, 1.82) is 0 Å². The van der Waals surface area contributed by atoms with Crippen molar-refractivity contribution in [3.05, 3.63) is 59.3 Å². The van der Waals surface area contributed by atoms with E-state index < -0.39 is 0 Å². The van der Waals surface area contributed by atoms with Crippen LogP contribution in [-0.4, -0.2) is 5.11 Å². The van der Waals surface area contributed by atoms with Crippen LogP contribution in [0.5, 0.6) is 11.5 Å². The molecule has 0 aliphatic heterocycles. The van der Waals surface area contributed by atoms with Gasteiger partial charge in [0.15, 0.2) is 0 Å². The minimum absolute atomic E-state index is 0.210. The van der Waals surface area contributed by atoms with Crippen LogP contribution in [-0.2, 0) is 6.61 Å². The average molecular weight is 275 g/mol. The SMILES string of the molecule is Oc1ccc2occ(COc3ccc(Cl)cc3)c2c1. The summed E-state index contributed by atoms with van der Waals surface area (Å²) in [6.45, 7) is 0.373. The zero-order chi connectivity index (χ0) is 13.2. The van der Waals surface area contributed by atoms with Crippen LogP contribution in [0.3, 0.4) is 0 Å². The Kier molecular flexibility index (Phi) is 3.05. The molecule has 4 heteroatoms. The van der Waals surface area contributed by atoms with Gasteiger partial charge < -0.3 is 14.3 Å². The number of hydrogen-bond acceptors (Lipinski definition) is 3. The minimum Gasteiger partial charge on any atom is -0.508 e. The lowest BCUT2D eigenvalue weighted by atomic mass is 10.2. The van der Waals surface area contributed by atoms with E-state index >= 15 is 0 Å². The van der Waals surface area contributed by atoms with Gasteiger partial charge in [0.25, 0.3) is 0 Å². The number of rotatable bonds is 3. The standard InChI is InChI=1S/C15H11ClO3/c16-11-1-4-13(5-2-11)18-8-10-9-19-15-6-3-12(17)7-14(10)15/h1-7,9,17H,8H2. The van der Waals surface area contributed by atoms with Crippen LogP contribution in [0.4, 0.5) is 0 Å². The quantitative estimate of drug-likeness (QED) is 0.771. The van der Waals surface area contributed by atoms with Crippen molar-refractivity contribution in [2.45, 2.75) is 6.61 Å². The van der Waals surface area contributed by atoms with E-state index in [4.69, 9.17) is 20.8 Å². The average Bonchev–Trinajstić information content (AvgIpc) is 2.80. The van der Waals surface area contributed by atoms with Crippen LogP contribution in [0.15, 0.2) is 53.1 Å². The number of halogens is 1. The summed E-state index contributed by atoms with van der Waals surface area (Å²) >= 11 is 5.81. The Morgan fingerprint density at radius 2 is 1.89 bits per heavy atom. The Bertz CT molecular complexity index is 701. The molecule has 0 fully saturated rings. The van der Waals surface area contributed by atoms with E-state index in [-0.39, 0.29) is 5.75 Å². The molecule has 3 nitrogen and oxygen atoms in total. The summed E-state index contributed by atoms with van der Waals surface area (Å²) in [5.74, 6) is 0.945. The van der Waals surface area contributed by atoms with Gasteiger partial charge in [-0.2, -0.15) is 0 Å². The molecule has 0 spiro atoms. The summed E-state index contributed by atoms with van der Waals surface area (Å²) < 4.78 is 11.1. The first kappa shape index (κ1) is 11.9. The van der Waals surface area contributed by atoms with E-state index in [0.717, 1.165) is 22.3 Å². The maximum absolute atomic E-state index is 9.49. The summed E-state index contributed by atoms with van der Waals surface area (Å²) in [7, 11) is 0. The minimum atomic E-state index is 0.210. The molecule has 0 aliphatic carbocycles. The van der Waals surface area contributed by atoms with Gasteiger partial charge in [0.1, 0.15) is 23.7 Å². The van der Waals surface area contributed by atoms with Gasteiger partial charge in [0.05, 0.1) is 6.26 Å². The predicted octanol–water partition coefficient (Wildman–Crippen LogP) is 4.37. The Morgan fingerprint density at radius 1 is 1.11 bits per heavy atom. The smallest absolute Gasteiger partial charge is 0.134 e. The molecule has 3 rings (SSSR count). The molecule has 0 amide bonds. The van der Waals surface area contributed by atoms with E-state index in [9.17, 15) is 5.11 Å². The molecule has 2 aromatic carbocycles. The number of fused-ring (bicyclic) bond motifs is 1. The zero-order valence-electron chi connectivity index (χ0n) is 9.97. The Hall–Kier alpha value is -2.13. The number of hydrogen-bond donors (Lipinski definition) is 1. The second-order valence-corrected chi connectivity index (χ2v) is 4.62. The van der Waals surface area contributed by atoms with Crippen molar-refractivity contribution in [3.63, 3.8) is 0 Å². The maximum Gasteiger partial charge on any atom is 0.134 e. The van der Waals surface area contributed by atoms with Crippen molar-refractivity contribution in [1.82, 2.24) is 0 Å². The first-order valence-electron chi connectivity index (χ1n) is 5.80. The first-order valence-corrected chi connectivity index (χ1v) is 6.17. The van der Waals surface area contributed by atoms with Crippen LogP contribution in [0.25, 0.3) is 11.0 Å². The molecule has 0 radical (unpaired) electrons. The molecule has 0 saturated carbocycles. The number of phenolic OH excluding ortho intramolecular Hbond substituents is 1. The summed E-state index contributed by atoms with van der Waals surface area (Å²) in [5.41, 5.74) is 1.62. The van der Waals surface area contributed by atoms with Gasteiger partial charge >= 0.3 is 0 Å². The van der Waals surface area contributed by atoms with Crippen LogP contribution in [0.2, 0.25) is 5.02 Å². The number of benzene rings is 2. The largest absolute Gasteiger partial charge is 0.508 e. The Morgan fingerprint density at radius 3 is 2.68 bits per heavy atom. The predicted molar refractivity (Wildman–Crippen MR) is 73.7 cm³/mol. The molecule has 1 N–H and O–H groups in total. The normalized spacial score (nSPS) is 10.8. The number of furan rings is 1. The van der Waals surface area contributed by atoms with Crippen molar-refractivity contribution in [2.24, 2.45) is 0 Å². The Balaban J connectivity index is 1.81. The summed E-state index contributed by atoms with van der Waals surface area (Å²) in [4.78, 5) is 0. The summed E-state index contributed by atoms with van der Waals surface area (Å²) in [5, 5.41) is 11.0. The molecule has 1 heterocycles. The van der Waals surface area contributed by atoms with Gasteiger partial charge in [0, 0.05) is 16.0 Å². The topological polar surface area (TPSA) is 42.6 Å². The van der Waals surface area contributed by atoms with Gasteiger partial charge in [-0.05, 0) is 42.5 Å². The highest BCUT2D eigenvalue weighted by atomic mass is 35.5. The third-order valence-corrected chi connectivity index (χ3v) is 3.10. The van der Waals surface area contributed by atoms with Gasteiger partial charge in [-0.25, -0.2) is 0 Å². The monoisotopic (exact) mass is 274 g/mol. The highest BCUT2D eigenvalue weighted by molar-refractivity contribution is 6.30. The Labute approximate surface area is 115 Å². The zero-order valence-corrected chi connectivity index (χ0v) is 10.7. The van der Waals surface area contributed by atoms with Gasteiger partial charge in [-0.1, -0.05) is 11.6 Å². The molecular formula is C15H11ClO3. The van der Waals surface area contributed by atoms with Gasteiger partial charge in [-0.15, -0.1) is 0 Å². The fourth-order valence-electron chi connectivity index (χ4n) is 1.87. The first-order chi connectivity index (χ1) is 9.22. The lowest BCUT2D eigenvalue weighted by molar-refractivity contribution is 0.306. The number of phenols is 1. The van der Waals surface area contributed by atoms with E-state index in [2.05, 4.69) is 0 Å². The summed E-state index contributed by atoms with van der Waals surface area (Å²) in [6, 6.07) is 12.2. The number of ether oxygens (including phenoxy) is 1. The fourth-order valence-corrected chi connectivity index (χ4v) is 2.00. The molecule has 3 aromatic rings. The molecule has 1 aromatic heterocycles. The van der Waals surface area contributed by atoms with Crippen molar-refractivity contribution >= 4 is 22.6 Å². The van der Waals surface area contributed by atoms with Crippen LogP contribution in [0, 0.1) is 0 Å². The van der Waals surface area contributed by atoms with Crippen LogP contribution >= 0.6 is 11.6 Å². The van der Waals surface area contributed by atoms with Crippen LogP contribution in [0.1, 0.15) is 5.56 Å². The van der Waals surface area contributed by atoms with Crippen molar-refractivity contribution < 1.29 is 14.3 Å². The van der Waals surface area contributed by atoms with E-state index in [1.807, 2.05) is 12.1 Å². The molecular weight excluding hydrogens is 264 g/mol. The van der Waals surface area contributed by atoms with E-state index in [1.165, 1.54) is 0 Å². The van der Waals surface area contributed by atoms with E-state index in [1.54, 1.807) is 36.6 Å². The molecule has 0 atom stereocenters. The number of aromatic hydroxyl groups is 1. The van der Waals surface area contributed by atoms with Gasteiger partial charge in [-0.3, -0.25) is 0 Å². The van der Waals surface area contributed by atoms with Crippen LogP contribution < -0.4 is 4.74 Å². The second-order valence-electron chi connectivity index (χ2n) is 4.18. The third-order valence-electron chi connectivity index (χ3n) is 2.85. The second kappa shape index (κ2) is 4.86. The summed E-state index contributed by atoms with van der Waals surface area (Å²) in [6.07, 6.45) is 1.64. The van der Waals surface area contributed by atoms with E-state index in [0.29, 0.717) is 11.6 Å². The molecule has 0 saturated heterocycles.